The Hall–Kier alpha value is -7.22. The SMILES string of the molecule is N#Cc1ccc2c(c1)C1(c3ccccc3O2)c2ccccc2-c2ccc(-c3ccc(-n4c(-c5cccc6ccccc56)nc5ccccc54)cc3)cc21. The molecule has 0 saturated heterocycles. The van der Waals surface area contributed by atoms with Crippen LogP contribution in [0.25, 0.3) is 61.1 Å². The summed E-state index contributed by atoms with van der Waals surface area (Å²) in [5.74, 6) is 2.52. The minimum atomic E-state index is -0.651. The van der Waals surface area contributed by atoms with Crippen LogP contribution in [0.4, 0.5) is 0 Å². The largest absolute Gasteiger partial charge is 0.457 e. The molecular formula is C49H29N3O. The molecule has 1 aliphatic carbocycles. The topological polar surface area (TPSA) is 50.8 Å². The fraction of sp³-hybridized carbons (Fsp3) is 0.0204. The number of fused-ring (bicyclic) bond motifs is 11. The number of ether oxygens (including phenoxy) is 1. The van der Waals surface area contributed by atoms with E-state index in [1.54, 1.807) is 0 Å². The summed E-state index contributed by atoms with van der Waals surface area (Å²) in [6.45, 7) is 0. The molecule has 0 radical (unpaired) electrons. The lowest BCUT2D eigenvalue weighted by Crippen LogP contribution is -2.32. The Bertz CT molecular complexity index is 3000. The summed E-state index contributed by atoms with van der Waals surface area (Å²) in [5.41, 5.74) is 13.2. The number of benzene rings is 8. The first-order chi connectivity index (χ1) is 26.2. The van der Waals surface area contributed by atoms with Gasteiger partial charge in [-0.15, -0.1) is 0 Å². The van der Waals surface area contributed by atoms with Gasteiger partial charge in [-0.25, -0.2) is 4.98 Å². The summed E-state index contributed by atoms with van der Waals surface area (Å²) in [6.07, 6.45) is 0. The van der Waals surface area contributed by atoms with E-state index in [0.29, 0.717) is 5.56 Å². The Morgan fingerprint density at radius 2 is 1.23 bits per heavy atom. The van der Waals surface area contributed by atoms with Gasteiger partial charge < -0.3 is 4.74 Å². The summed E-state index contributed by atoms with van der Waals surface area (Å²) in [6, 6.07) is 64.1. The molecule has 8 aromatic carbocycles. The molecule has 1 aromatic heterocycles. The Balaban J connectivity index is 1.10. The highest BCUT2D eigenvalue weighted by Gasteiger charge is 2.51. The highest BCUT2D eigenvalue weighted by molar-refractivity contribution is 5.98. The Morgan fingerprint density at radius 1 is 0.528 bits per heavy atom. The summed E-state index contributed by atoms with van der Waals surface area (Å²) in [4.78, 5) is 5.18. The lowest BCUT2D eigenvalue weighted by Gasteiger charge is -2.39. The van der Waals surface area contributed by atoms with E-state index in [4.69, 9.17) is 9.72 Å². The van der Waals surface area contributed by atoms with Gasteiger partial charge in [-0.05, 0) is 98.8 Å². The van der Waals surface area contributed by atoms with Crippen molar-refractivity contribution in [1.82, 2.24) is 9.55 Å². The van der Waals surface area contributed by atoms with E-state index < -0.39 is 5.41 Å². The third-order valence-corrected chi connectivity index (χ3v) is 11.1. The average molecular weight is 676 g/mol. The van der Waals surface area contributed by atoms with E-state index in [1.807, 2.05) is 36.4 Å². The van der Waals surface area contributed by atoms with Crippen LogP contribution < -0.4 is 4.74 Å². The van der Waals surface area contributed by atoms with E-state index in [0.717, 1.165) is 61.9 Å². The van der Waals surface area contributed by atoms with Crippen molar-refractivity contribution < 1.29 is 4.74 Å². The Labute approximate surface area is 306 Å². The molecule has 1 atom stereocenters. The van der Waals surface area contributed by atoms with E-state index in [1.165, 1.54) is 33.0 Å². The van der Waals surface area contributed by atoms with E-state index >= 15 is 0 Å². The predicted molar refractivity (Wildman–Crippen MR) is 212 cm³/mol. The summed E-state index contributed by atoms with van der Waals surface area (Å²) in [7, 11) is 0. The molecule has 1 aliphatic heterocycles. The zero-order chi connectivity index (χ0) is 35.1. The lowest BCUT2D eigenvalue weighted by atomic mass is 9.65. The van der Waals surface area contributed by atoms with Crippen LogP contribution in [-0.4, -0.2) is 9.55 Å². The highest BCUT2D eigenvalue weighted by Crippen LogP contribution is 2.62. The molecule has 0 N–H and O–H groups in total. The van der Waals surface area contributed by atoms with Gasteiger partial charge in [0.25, 0.3) is 0 Å². The molecule has 0 fully saturated rings. The van der Waals surface area contributed by atoms with Crippen LogP contribution in [-0.2, 0) is 5.41 Å². The molecule has 0 bridgehead atoms. The maximum Gasteiger partial charge on any atom is 0.146 e. The maximum atomic E-state index is 10.0. The number of rotatable bonds is 3. The molecule has 4 heteroatoms. The van der Waals surface area contributed by atoms with E-state index in [9.17, 15) is 5.26 Å². The van der Waals surface area contributed by atoms with Gasteiger partial charge in [-0.2, -0.15) is 5.26 Å². The first-order valence-electron chi connectivity index (χ1n) is 17.9. The number of imidazole rings is 1. The van der Waals surface area contributed by atoms with Crippen LogP contribution in [0, 0.1) is 11.3 Å². The van der Waals surface area contributed by atoms with E-state index in [2.05, 4.69) is 150 Å². The third kappa shape index (κ3) is 4.14. The molecule has 246 valence electrons. The maximum absolute atomic E-state index is 10.0. The molecule has 11 rings (SSSR count). The molecule has 0 amide bonds. The number of hydrogen-bond acceptors (Lipinski definition) is 3. The number of hydrogen-bond donors (Lipinski definition) is 0. The smallest absolute Gasteiger partial charge is 0.146 e. The molecule has 2 aliphatic rings. The molecule has 53 heavy (non-hydrogen) atoms. The number of aromatic nitrogens is 2. The van der Waals surface area contributed by atoms with Crippen LogP contribution in [0.5, 0.6) is 11.5 Å². The van der Waals surface area contributed by atoms with Crippen LogP contribution in [0.1, 0.15) is 27.8 Å². The van der Waals surface area contributed by atoms with Crippen molar-refractivity contribution in [2.75, 3.05) is 0 Å². The summed E-state index contributed by atoms with van der Waals surface area (Å²) >= 11 is 0. The van der Waals surface area contributed by atoms with Crippen LogP contribution in [0.2, 0.25) is 0 Å². The highest BCUT2D eigenvalue weighted by atomic mass is 16.5. The van der Waals surface area contributed by atoms with Crippen molar-refractivity contribution in [3.05, 3.63) is 204 Å². The first-order valence-corrected chi connectivity index (χ1v) is 17.9. The number of nitrogens with zero attached hydrogens (tertiary/aromatic N) is 3. The summed E-state index contributed by atoms with van der Waals surface area (Å²) < 4.78 is 8.81. The molecule has 1 spiro atoms. The van der Waals surface area contributed by atoms with Gasteiger partial charge in [0.15, 0.2) is 0 Å². The van der Waals surface area contributed by atoms with Gasteiger partial charge in [-0.3, -0.25) is 4.57 Å². The second kappa shape index (κ2) is 11.1. The van der Waals surface area contributed by atoms with Crippen molar-refractivity contribution in [2.24, 2.45) is 0 Å². The van der Waals surface area contributed by atoms with Crippen LogP contribution >= 0.6 is 0 Å². The second-order valence-corrected chi connectivity index (χ2v) is 13.8. The average Bonchev–Trinajstić information content (AvgIpc) is 3.75. The molecule has 9 aromatic rings. The van der Waals surface area contributed by atoms with Gasteiger partial charge in [0, 0.05) is 22.4 Å². The van der Waals surface area contributed by atoms with Crippen molar-refractivity contribution in [1.29, 1.82) is 5.26 Å². The van der Waals surface area contributed by atoms with Gasteiger partial charge in [0.2, 0.25) is 0 Å². The zero-order valence-electron chi connectivity index (χ0n) is 28.5. The van der Waals surface area contributed by atoms with Gasteiger partial charge >= 0.3 is 0 Å². The molecular weight excluding hydrogens is 647 g/mol. The van der Waals surface area contributed by atoms with Crippen LogP contribution in [0.15, 0.2) is 176 Å². The van der Waals surface area contributed by atoms with Gasteiger partial charge in [0.05, 0.1) is 28.1 Å². The standard InChI is InChI=1S/C49H29N3O/c50-30-31-20-27-47-43(28-31)49(41-16-5-8-19-46(41)53-47)40-15-4-3-13-37(40)38-26-23-34(29-42(38)49)32-21-24-35(25-22-32)52-45-18-7-6-17-44(45)51-48(52)39-14-9-11-33-10-1-2-12-36(33)39/h1-29H. The zero-order valence-corrected chi connectivity index (χ0v) is 28.5. The van der Waals surface area contributed by atoms with Crippen molar-refractivity contribution >= 4 is 21.8 Å². The van der Waals surface area contributed by atoms with Crippen molar-refractivity contribution in [2.45, 2.75) is 5.41 Å². The fourth-order valence-electron chi connectivity index (χ4n) is 8.84. The van der Waals surface area contributed by atoms with E-state index in [-0.39, 0.29) is 0 Å². The minimum Gasteiger partial charge on any atom is -0.457 e. The van der Waals surface area contributed by atoms with Gasteiger partial charge in [-0.1, -0.05) is 121 Å². The monoisotopic (exact) mass is 675 g/mol. The Kier molecular flexibility index (Phi) is 6.20. The summed E-state index contributed by atoms with van der Waals surface area (Å²) in [5, 5.41) is 12.4. The predicted octanol–water partition coefficient (Wildman–Crippen LogP) is 11.9. The first kappa shape index (κ1) is 29.5. The quantitative estimate of drug-likeness (QED) is 0.187. The van der Waals surface area contributed by atoms with Gasteiger partial charge in [0.1, 0.15) is 17.3 Å². The second-order valence-electron chi connectivity index (χ2n) is 13.8. The third-order valence-electron chi connectivity index (χ3n) is 11.1. The Morgan fingerprint density at radius 3 is 2.13 bits per heavy atom. The van der Waals surface area contributed by atoms with Crippen molar-refractivity contribution in [3.8, 4) is 56.9 Å². The molecule has 1 unspecified atom stereocenters. The lowest BCUT2D eigenvalue weighted by molar-refractivity contribution is 0.436. The molecule has 4 nitrogen and oxygen atoms in total. The minimum absolute atomic E-state index is 0.610. The normalized spacial score (nSPS) is 15.0. The molecule has 0 saturated carbocycles. The van der Waals surface area contributed by atoms with Crippen LogP contribution in [0.3, 0.4) is 0 Å². The number of para-hydroxylation sites is 3. The fourth-order valence-corrected chi connectivity index (χ4v) is 8.84. The number of nitriles is 1. The van der Waals surface area contributed by atoms with Crippen molar-refractivity contribution in [3.63, 3.8) is 0 Å². The molecule has 2 heterocycles.